The molecule has 6 rings (SSSR count). The van der Waals surface area contributed by atoms with E-state index in [1.165, 1.54) is 52.6 Å². The summed E-state index contributed by atoms with van der Waals surface area (Å²) in [4.78, 5) is 30.3. The molecule has 4 aromatic rings. The smallest absolute Gasteiger partial charge is 0.250 e. The van der Waals surface area contributed by atoms with E-state index in [0.29, 0.717) is 12.1 Å². The third-order valence-electron chi connectivity index (χ3n) is 7.48. The average molecular weight is 546 g/mol. The first-order chi connectivity index (χ1) is 18.7. The molecule has 1 fully saturated rings. The van der Waals surface area contributed by atoms with Crippen LogP contribution in [-0.4, -0.2) is 50.9 Å². The van der Waals surface area contributed by atoms with Gasteiger partial charge in [0.05, 0.1) is 27.9 Å². The van der Waals surface area contributed by atoms with E-state index < -0.39 is 15.4 Å². The number of halogens is 1. The molecular formula is C28H24FN5O4S. The van der Waals surface area contributed by atoms with E-state index in [1.54, 1.807) is 41.2 Å². The maximum atomic E-state index is 14.1. The normalized spacial score (nSPS) is 19.2. The maximum Gasteiger partial charge on any atom is 0.250 e. The molecular weight excluding hydrogens is 521 g/mol. The second-order valence-corrected chi connectivity index (χ2v) is 11.8. The van der Waals surface area contributed by atoms with Gasteiger partial charge in [0.25, 0.3) is 0 Å². The molecule has 1 aliphatic carbocycles. The summed E-state index contributed by atoms with van der Waals surface area (Å²) in [7, 11) is -2.52. The minimum absolute atomic E-state index is 0.0157. The number of Topliss-reactive ketones (excluding diaryl/α,β-unsaturated/α-hetero) is 1. The van der Waals surface area contributed by atoms with Gasteiger partial charge in [0.1, 0.15) is 11.5 Å². The Labute approximate surface area is 223 Å². The Morgan fingerprint density at radius 1 is 1.08 bits per heavy atom. The lowest BCUT2D eigenvalue weighted by atomic mass is 9.65. The lowest BCUT2D eigenvalue weighted by molar-refractivity contribution is 0.0770. The molecule has 0 spiro atoms. The molecule has 11 heteroatoms. The predicted octanol–water partition coefficient (Wildman–Crippen LogP) is 3.01. The molecule has 0 bridgehead atoms. The number of pyridine rings is 2. The summed E-state index contributed by atoms with van der Waals surface area (Å²) in [5, 5.41) is 4.51. The van der Waals surface area contributed by atoms with Crippen molar-refractivity contribution in [3.05, 3.63) is 112 Å². The van der Waals surface area contributed by atoms with Crippen molar-refractivity contribution < 1.29 is 17.6 Å². The van der Waals surface area contributed by atoms with Gasteiger partial charge in [0.2, 0.25) is 15.6 Å². The zero-order valence-corrected chi connectivity index (χ0v) is 21.8. The largest absolute Gasteiger partial charge is 0.317 e. The Hall–Kier alpha value is -4.22. The number of hydrogen-bond acceptors (Lipinski definition) is 6. The fourth-order valence-electron chi connectivity index (χ4n) is 5.42. The van der Waals surface area contributed by atoms with Crippen molar-refractivity contribution in [3.63, 3.8) is 0 Å². The third-order valence-corrected chi connectivity index (χ3v) is 9.31. The van der Waals surface area contributed by atoms with E-state index in [-0.39, 0.29) is 47.3 Å². The SMILES string of the molecule is Cn1cc(S(=O)(=O)N2CCC3=Cc4c(cnn4-c4ccc(F)cc4)CC3(C(=O)c3ccccn3)C2)ccc1=O. The average Bonchev–Trinajstić information content (AvgIpc) is 3.35. The number of aromatic nitrogens is 4. The summed E-state index contributed by atoms with van der Waals surface area (Å²) in [5.41, 5.74) is 1.75. The molecule has 1 saturated heterocycles. The molecule has 0 N–H and O–H groups in total. The van der Waals surface area contributed by atoms with Gasteiger partial charge in [0.15, 0.2) is 5.78 Å². The van der Waals surface area contributed by atoms with Crippen LogP contribution >= 0.6 is 0 Å². The van der Waals surface area contributed by atoms with Crippen molar-refractivity contribution >= 4 is 21.9 Å². The number of piperidine rings is 1. The highest BCUT2D eigenvalue weighted by atomic mass is 32.2. The van der Waals surface area contributed by atoms with Crippen molar-refractivity contribution in [1.29, 1.82) is 0 Å². The zero-order chi connectivity index (χ0) is 27.4. The Balaban J connectivity index is 1.45. The highest BCUT2D eigenvalue weighted by molar-refractivity contribution is 7.89. The van der Waals surface area contributed by atoms with Crippen molar-refractivity contribution in [1.82, 2.24) is 23.6 Å². The van der Waals surface area contributed by atoms with E-state index in [9.17, 15) is 22.4 Å². The number of sulfonamides is 1. The first kappa shape index (κ1) is 25.1. The Kier molecular flexibility index (Phi) is 5.92. The van der Waals surface area contributed by atoms with Gasteiger partial charge in [-0.1, -0.05) is 11.6 Å². The van der Waals surface area contributed by atoms with E-state index in [2.05, 4.69) is 10.1 Å². The zero-order valence-electron chi connectivity index (χ0n) is 21.0. The van der Waals surface area contributed by atoms with E-state index in [0.717, 1.165) is 16.8 Å². The first-order valence-corrected chi connectivity index (χ1v) is 13.8. The second kappa shape index (κ2) is 9.21. The lowest BCUT2D eigenvalue weighted by Crippen LogP contribution is -2.53. The van der Waals surface area contributed by atoms with Gasteiger partial charge in [-0.25, -0.2) is 17.5 Å². The molecule has 3 aromatic heterocycles. The summed E-state index contributed by atoms with van der Waals surface area (Å²) in [6, 6.07) is 13.6. The van der Waals surface area contributed by atoms with Crippen molar-refractivity contribution in [2.24, 2.45) is 12.5 Å². The molecule has 198 valence electrons. The molecule has 4 heterocycles. The fourth-order valence-corrected chi connectivity index (χ4v) is 6.97. The van der Waals surface area contributed by atoms with Crippen LogP contribution in [0.1, 0.15) is 28.2 Å². The minimum Gasteiger partial charge on any atom is -0.317 e. The van der Waals surface area contributed by atoms with Gasteiger partial charge in [-0.05, 0) is 66.9 Å². The molecule has 1 aromatic carbocycles. The molecule has 9 nitrogen and oxygen atoms in total. The number of nitrogens with zero attached hydrogens (tertiary/aromatic N) is 5. The number of rotatable bonds is 5. The van der Waals surface area contributed by atoms with Gasteiger partial charge in [-0.15, -0.1) is 0 Å². The van der Waals surface area contributed by atoms with Gasteiger partial charge in [0, 0.05) is 38.6 Å². The number of carbonyl (C=O) groups is 1. The molecule has 39 heavy (non-hydrogen) atoms. The summed E-state index contributed by atoms with van der Waals surface area (Å²) >= 11 is 0. The number of benzene rings is 1. The number of aryl methyl sites for hydroxylation is 1. The highest BCUT2D eigenvalue weighted by Crippen LogP contribution is 2.47. The van der Waals surface area contributed by atoms with Crippen LogP contribution in [0.15, 0.2) is 88.5 Å². The Morgan fingerprint density at radius 3 is 2.59 bits per heavy atom. The predicted molar refractivity (Wildman–Crippen MR) is 141 cm³/mol. The topological polar surface area (TPSA) is 107 Å². The maximum absolute atomic E-state index is 14.1. The van der Waals surface area contributed by atoms with Gasteiger partial charge in [-0.3, -0.25) is 14.6 Å². The van der Waals surface area contributed by atoms with Crippen molar-refractivity contribution in [3.8, 4) is 5.69 Å². The quantitative estimate of drug-likeness (QED) is 0.357. The van der Waals surface area contributed by atoms with Crippen LogP contribution in [0.5, 0.6) is 0 Å². The third kappa shape index (κ3) is 4.14. The summed E-state index contributed by atoms with van der Waals surface area (Å²) in [5.74, 6) is -0.625. The molecule has 1 atom stereocenters. The molecule has 0 amide bonds. The van der Waals surface area contributed by atoms with Crippen LogP contribution in [-0.2, 0) is 23.5 Å². The van der Waals surface area contributed by atoms with Crippen LogP contribution in [0, 0.1) is 11.2 Å². The molecule has 1 unspecified atom stereocenters. The lowest BCUT2D eigenvalue weighted by Gasteiger charge is -2.44. The Morgan fingerprint density at radius 2 is 1.87 bits per heavy atom. The number of fused-ring (bicyclic) bond motifs is 2. The van der Waals surface area contributed by atoms with Gasteiger partial charge < -0.3 is 4.57 Å². The molecule has 0 radical (unpaired) electrons. The van der Waals surface area contributed by atoms with Gasteiger partial charge >= 0.3 is 0 Å². The highest BCUT2D eigenvalue weighted by Gasteiger charge is 2.51. The standard InChI is InChI=1S/C28H24FN5O4S/c1-32-17-23(9-10-26(32)35)39(37,38)33-13-11-20-14-25-19(16-31-34(25)22-7-5-21(29)6-8-22)15-28(20,18-33)27(36)24-4-2-3-12-30-24/h2-10,12,14,16-17H,11,13,15,18H2,1H3. The van der Waals surface area contributed by atoms with E-state index >= 15 is 0 Å². The first-order valence-electron chi connectivity index (χ1n) is 12.4. The number of hydrogen-bond donors (Lipinski definition) is 0. The molecule has 0 saturated carbocycles. The van der Waals surface area contributed by atoms with Gasteiger partial charge in [-0.2, -0.15) is 9.40 Å². The van der Waals surface area contributed by atoms with E-state index in [4.69, 9.17) is 0 Å². The molecule has 1 aliphatic heterocycles. The summed E-state index contributed by atoms with van der Waals surface area (Å²) < 4.78 is 45.2. The van der Waals surface area contributed by atoms with Crippen LogP contribution in [0.3, 0.4) is 0 Å². The van der Waals surface area contributed by atoms with Crippen LogP contribution < -0.4 is 5.56 Å². The minimum atomic E-state index is -4.01. The number of carbonyl (C=O) groups excluding carboxylic acids is 1. The van der Waals surface area contributed by atoms with Crippen LogP contribution in [0.4, 0.5) is 4.39 Å². The van der Waals surface area contributed by atoms with Crippen LogP contribution in [0.2, 0.25) is 0 Å². The number of ketones is 1. The summed E-state index contributed by atoms with van der Waals surface area (Å²) in [6.07, 6.45) is 6.95. The molecule has 2 aliphatic rings. The second-order valence-electron chi connectivity index (χ2n) is 9.82. The fraction of sp³-hybridized carbons (Fsp3) is 0.214. The Bertz CT molecular complexity index is 1800. The van der Waals surface area contributed by atoms with Crippen LogP contribution in [0.25, 0.3) is 11.8 Å². The van der Waals surface area contributed by atoms with Crippen molar-refractivity contribution in [2.45, 2.75) is 17.7 Å². The van der Waals surface area contributed by atoms with Crippen molar-refractivity contribution in [2.75, 3.05) is 13.1 Å². The monoisotopic (exact) mass is 545 g/mol. The summed E-state index contributed by atoms with van der Waals surface area (Å²) in [6.45, 7) is 0.0782. The van der Waals surface area contributed by atoms with E-state index in [1.807, 2.05) is 6.08 Å².